The molecular weight excluding hydrogens is 270 g/mol. The Kier molecular flexibility index (Phi) is 3.92. The maximum Gasteiger partial charge on any atom is 0.262 e. The lowest BCUT2D eigenvalue weighted by Crippen LogP contribution is -2.35. The highest BCUT2D eigenvalue weighted by Gasteiger charge is 2.20. The topological polar surface area (TPSA) is 93.5 Å². The van der Waals surface area contributed by atoms with E-state index in [2.05, 4.69) is 10.6 Å². The summed E-state index contributed by atoms with van der Waals surface area (Å²) in [5.41, 5.74) is 6.52. The van der Waals surface area contributed by atoms with Gasteiger partial charge in [0, 0.05) is 6.07 Å². The van der Waals surface area contributed by atoms with E-state index in [-0.39, 0.29) is 18.4 Å². The first kappa shape index (κ1) is 13.6. The fraction of sp³-hybridized carbons (Fsp3) is 0.333. The minimum absolute atomic E-state index is 0.0590. The van der Waals surface area contributed by atoms with Gasteiger partial charge >= 0.3 is 0 Å². The second-order valence-electron chi connectivity index (χ2n) is 4.17. The number of amides is 2. The van der Waals surface area contributed by atoms with Crippen LogP contribution < -0.4 is 21.1 Å². The molecule has 0 spiro atoms. The number of ether oxygens (including phenoxy) is 1. The molecule has 0 aromatic heterocycles. The molecule has 1 aliphatic rings. The second kappa shape index (κ2) is 5.46. The Bertz CT molecular complexity index is 533. The molecule has 4 N–H and O–H groups in total. The smallest absolute Gasteiger partial charge is 0.262 e. The van der Waals surface area contributed by atoms with Crippen LogP contribution in [0.3, 0.4) is 0 Å². The average Bonchev–Trinajstić information content (AvgIpc) is 2.38. The van der Waals surface area contributed by atoms with E-state index in [9.17, 15) is 9.59 Å². The Morgan fingerprint density at radius 1 is 1.63 bits per heavy atom. The van der Waals surface area contributed by atoms with Gasteiger partial charge < -0.3 is 21.1 Å². The van der Waals surface area contributed by atoms with Crippen LogP contribution in [0, 0.1) is 0 Å². The molecule has 1 aromatic rings. The molecule has 0 saturated carbocycles. The van der Waals surface area contributed by atoms with Gasteiger partial charge in [-0.15, -0.1) is 0 Å². The van der Waals surface area contributed by atoms with Gasteiger partial charge in [0.05, 0.1) is 22.4 Å². The highest BCUT2D eigenvalue weighted by molar-refractivity contribution is 6.34. The molecule has 6 nitrogen and oxygen atoms in total. The predicted molar refractivity (Wildman–Crippen MR) is 72.5 cm³/mol. The summed E-state index contributed by atoms with van der Waals surface area (Å²) in [6.07, 6.45) is 0.529. The molecule has 0 bridgehead atoms. The van der Waals surface area contributed by atoms with Gasteiger partial charge in [-0.25, -0.2) is 0 Å². The molecule has 7 heteroatoms. The molecule has 2 amide bonds. The van der Waals surface area contributed by atoms with Crippen LogP contribution in [0.1, 0.15) is 13.3 Å². The number of carbonyl (C=O) groups excluding carboxylic acids is 2. The maximum absolute atomic E-state index is 11.7. The fourth-order valence-corrected chi connectivity index (χ4v) is 1.82. The maximum atomic E-state index is 11.7. The van der Waals surface area contributed by atoms with Crippen molar-refractivity contribution in [3.05, 3.63) is 17.2 Å². The molecule has 19 heavy (non-hydrogen) atoms. The molecule has 1 aromatic carbocycles. The third kappa shape index (κ3) is 2.97. The van der Waals surface area contributed by atoms with Crippen LogP contribution in [-0.2, 0) is 9.59 Å². The number of hydrogen-bond donors (Lipinski definition) is 3. The molecule has 1 unspecified atom stereocenters. The van der Waals surface area contributed by atoms with Gasteiger partial charge in [0.15, 0.2) is 6.61 Å². The molecule has 1 atom stereocenters. The van der Waals surface area contributed by atoms with E-state index in [0.29, 0.717) is 28.6 Å². The first-order chi connectivity index (χ1) is 9.01. The standard InChI is InChI=1S/C12H14ClN3O3/c1-2-7(14)12(18)16-8-4-10-9(3-6(8)13)15-11(17)5-19-10/h3-4,7H,2,5,14H2,1H3,(H,15,17)(H,16,18). The lowest BCUT2D eigenvalue weighted by Gasteiger charge is -2.20. The Hall–Kier alpha value is -1.79. The van der Waals surface area contributed by atoms with Crippen LogP contribution in [-0.4, -0.2) is 24.5 Å². The number of nitrogens with two attached hydrogens (primary N) is 1. The fourth-order valence-electron chi connectivity index (χ4n) is 1.61. The van der Waals surface area contributed by atoms with Gasteiger partial charge in [-0.2, -0.15) is 0 Å². The predicted octanol–water partition coefficient (Wildman–Crippen LogP) is 1.35. The molecule has 1 heterocycles. The average molecular weight is 284 g/mol. The third-order valence-electron chi connectivity index (χ3n) is 2.74. The van der Waals surface area contributed by atoms with Crippen molar-refractivity contribution in [1.29, 1.82) is 0 Å². The molecule has 1 aliphatic heterocycles. The SMILES string of the molecule is CCC(N)C(=O)Nc1cc2c(cc1Cl)NC(=O)CO2. The quantitative estimate of drug-likeness (QED) is 0.780. The number of anilines is 2. The number of halogens is 1. The lowest BCUT2D eigenvalue weighted by atomic mass is 10.2. The first-order valence-electron chi connectivity index (χ1n) is 5.84. The summed E-state index contributed by atoms with van der Waals surface area (Å²) in [5.74, 6) is -0.0954. The summed E-state index contributed by atoms with van der Waals surface area (Å²) in [5, 5.41) is 5.57. The third-order valence-corrected chi connectivity index (χ3v) is 3.05. The molecular formula is C12H14ClN3O3. The first-order valence-corrected chi connectivity index (χ1v) is 6.21. The number of benzene rings is 1. The summed E-state index contributed by atoms with van der Waals surface area (Å²) in [6.45, 7) is 1.76. The lowest BCUT2D eigenvalue weighted by molar-refractivity contribution is -0.119. The van der Waals surface area contributed by atoms with Gasteiger partial charge in [0.2, 0.25) is 5.91 Å². The van der Waals surface area contributed by atoms with Crippen LogP contribution in [0.25, 0.3) is 0 Å². The van der Waals surface area contributed by atoms with E-state index in [0.717, 1.165) is 0 Å². The highest BCUT2D eigenvalue weighted by Crippen LogP contribution is 2.36. The Morgan fingerprint density at radius 3 is 3.05 bits per heavy atom. The van der Waals surface area contributed by atoms with E-state index in [1.54, 1.807) is 6.07 Å². The van der Waals surface area contributed by atoms with E-state index in [1.165, 1.54) is 6.07 Å². The summed E-state index contributed by atoms with van der Waals surface area (Å²) in [6, 6.07) is 2.51. The van der Waals surface area contributed by atoms with Crippen molar-refractivity contribution in [2.75, 3.05) is 17.2 Å². The van der Waals surface area contributed by atoms with Crippen LogP contribution in [0.4, 0.5) is 11.4 Å². The van der Waals surface area contributed by atoms with Crippen LogP contribution >= 0.6 is 11.6 Å². The number of fused-ring (bicyclic) bond motifs is 1. The Balaban J connectivity index is 2.23. The van der Waals surface area contributed by atoms with Crippen molar-refractivity contribution in [3.63, 3.8) is 0 Å². The summed E-state index contributed by atoms with van der Waals surface area (Å²) in [4.78, 5) is 22.9. The second-order valence-corrected chi connectivity index (χ2v) is 4.58. The van der Waals surface area contributed by atoms with Crippen molar-refractivity contribution in [2.45, 2.75) is 19.4 Å². The zero-order valence-electron chi connectivity index (χ0n) is 10.3. The minimum atomic E-state index is -0.590. The van der Waals surface area contributed by atoms with Gasteiger partial charge in [-0.05, 0) is 12.5 Å². The molecule has 0 saturated heterocycles. The van der Waals surface area contributed by atoms with Gasteiger partial charge in [-0.3, -0.25) is 9.59 Å². The highest BCUT2D eigenvalue weighted by atomic mass is 35.5. The van der Waals surface area contributed by atoms with E-state index in [1.807, 2.05) is 6.92 Å². The van der Waals surface area contributed by atoms with Crippen LogP contribution in [0.15, 0.2) is 12.1 Å². The molecule has 2 rings (SSSR count). The zero-order valence-corrected chi connectivity index (χ0v) is 11.1. The molecule has 0 aliphatic carbocycles. The number of rotatable bonds is 3. The van der Waals surface area contributed by atoms with Crippen molar-refractivity contribution >= 4 is 34.8 Å². The van der Waals surface area contributed by atoms with E-state index in [4.69, 9.17) is 22.1 Å². The summed E-state index contributed by atoms with van der Waals surface area (Å²) in [7, 11) is 0. The van der Waals surface area contributed by atoms with Crippen molar-refractivity contribution < 1.29 is 14.3 Å². The Labute approximate surface area is 115 Å². The van der Waals surface area contributed by atoms with Crippen LogP contribution in [0.2, 0.25) is 5.02 Å². The molecule has 0 fully saturated rings. The largest absolute Gasteiger partial charge is 0.482 e. The normalized spacial score (nSPS) is 15.0. The molecule has 0 radical (unpaired) electrons. The molecule has 102 valence electrons. The summed E-state index contributed by atoms with van der Waals surface area (Å²) < 4.78 is 5.25. The zero-order chi connectivity index (χ0) is 14.0. The van der Waals surface area contributed by atoms with Crippen molar-refractivity contribution in [3.8, 4) is 5.75 Å². The summed E-state index contributed by atoms with van der Waals surface area (Å²) >= 11 is 6.04. The Morgan fingerprint density at radius 2 is 2.37 bits per heavy atom. The van der Waals surface area contributed by atoms with E-state index < -0.39 is 6.04 Å². The van der Waals surface area contributed by atoms with Gasteiger partial charge in [0.25, 0.3) is 5.91 Å². The minimum Gasteiger partial charge on any atom is -0.482 e. The number of hydrogen-bond acceptors (Lipinski definition) is 4. The number of carbonyl (C=O) groups is 2. The number of nitrogens with one attached hydrogen (secondary N) is 2. The van der Waals surface area contributed by atoms with Crippen molar-refractivity contribution in [2.24, 2.45) is 5.73 Å². The van der Waals surface area contributed by atoms with Crippen LogP contribution in [0.5, 0.6) is 5.75 Å². The van der Waals surface area contributed by atoms with Gasteiger partial charge in [-0.1, -0.05) is 18.5 Å². The van der Waals surface area contributed by atoms with Gasteiger partial charge in [0.1, 0.15) is 5.75 Å². The van der Waals surface area contributed by atoms with E-state index >= 15 is 0 Å². The monoisotopic (exact) mass is 283 g/mol. The van der Waals surface area contributed by atoms with Crippen molar-refractivity contribution in [1.82, 2.24) is 0 Å².